The van der Waals surface area contributed by atoms with E-state index in [1.807, 2.05) is 12.1 Å². The Morgan fingerprint density at radius 3 is 2.39 bits per heavy atom. The molecule has 2 aromatic carbocycles. The minimum absolute atomic E-state index is 0.0123. The molecule has 0 aliphatic heterocycles. The third-order valence-corrected chi connectivity index (χ3v) is 10.5. The smallest absolute Gasteiger partial charge is 0.262 e. The SMILES string of the molecule is C[C@@H](CC1CCCCC1)NCc1ccccc1NS(=O)(=O)c1ccccc1-c1ccsc1S(N)(=O)=O. The number of nitrogens with two attached hydrogens (primary N) is 1. The van der Waals surface area contributed by atoms with Crippen molar-refractivity contribution in [1.29, 1.82) is 0 Å². The summed E-state index contributed by atoms with van der Waals surface area (Å²) in [6, 6.07) is 15.6. The number of para-hydroxylation sites is 1. The van der Waals surface area contributed by atoms with Gasteiger partial charge in [-0.05, 0) is 48.4 Å². The van der Waals surface area contributed by atoms with Crippen LogP contribution in [0.3, 0.4) is 0 Å². The number of thiophene rings is 1. The Morgan fingerprint density at radius 2 is 1.64 bits per heavy atom. The first-order valence-corrected chi connectivity index (χ1v) is 16.1. The van der Waals surface area contributed by atoms with Crippen LogP contribution in [0.2, 0.25) is 0 Å². The number of hydrogen-bond acceptors (Lipinski definition) is 6. The zero-order valence-electron chi connectivity index (χ0n) is 20.3. The largest absolute Gasteiger partial charge is 0.310 e. The molecule has 1 heterocycles. The van der Waals surface area contributed by atoms with E-state index in [9.17, 15) is 16.8 Å². The molecular weight excluding hydrogens is 515 g/mol. The van der Waals surface area contributed by atoms with Gasteiger partial charge in [0.15, 0.2) is 0 Å². The molecule has 0 radical (unpaired) electrons. The van der Waals surface area contributed by atoms with Crippen molar-refractivity contribution in [1.82, 2.24) is 5.32 Å². The van der Waals surface area contributed by atoms with Crippen LogP contribution in [0.1, 0.15) is 51.0 Å². The highest BCUT2D eigenvalue weighted by molar-refractivity contribution is 7.93. The second-order valence-corrected chi connectivity index (χ2v) is 13.8. The summed E-state index contributed by atoms with van der Waals surface area (Å²) >= 11 is 0.962. The maximum Gasteiger partial charge on any atom is 0.262 e. The van der Waals surface area contributed by atoms with Crippen molar-refractivity contribution in [3.8, 4) is 11.1 Å². The summed E-state index contributed by atoms with van der Waals surface area (Å²) in [5.74, 6) is 0.755. The average Bonchev–Trinajstić information content (AvgIpc) is 3.35. The Labute approximate surface area is 218 Å². The molecule has 36 heavy (non-hydrogen) atoms. The van der Waals surface area contributed by atoms with E-state index in [4.69, 9.17) is 5.14 Å². The predicted octanol–water partition coefficient (Wildman–Crippen LogP) is 5.31. The van der Waals surface area contributed by atoms with E-state index in [-0.39, 0.29) is 20.2 Å². The zero-order valence-corrected chi connectivity index (χ0v) is 22.8. The topological polar surface area (TPSA) is 118 Å². The number of rotatable bonds is 10. The molecule has 1 aromatic heterocycles. The zero-order chi connectivity index (χ0) is 25.8. The van der Waals surface area contributed by atoms with Crippen LogP contribution in [0, 0.1) is 5.92 Å². The lowest BCUT2D eigenvalue weighted by Gasteiger charge is -2.25. The minimum atomic E-state index is -4.02. The quantitative estimate of drug-likeness (QED) is 0.318. The van der Waals surface area contributed by atoms with Crippen molar-refractivity contribution >= 4 is 37.1 Å². The van der Waals surface area contributed by atoms with Gasteiger partial charge in [0.25, 0.3) is 10.0 Å². The molecule has 3 aromatic rings. The van der Waals surface area contributed by atoms with Gasteiger partial charge in [-0.3, -0.25) is 4.72 Å². The molecule has 4 rings (SSSR count). The monoisotopic (exact) mass is 547 g/mol. The van der Waals surface area contributed by atoms with Gasteiger partial charge in [-0.15, -0.1) is 11.3 Å². The highest BCUT2D eigenvalue weighted by Crippen LogP contribution is 2.36. The second-order valence-electron chi connectivity index (χ2n) is 9.45. The van der Waals surface area contributed by atoms with E-state index in [1.165, 1.54) is 38.2 Å². The number of benzene rings is 2. The van der Waals surface area contributed by atoms with Crippen LogP contribution in [0.15, 0.2) is 69.1 Å². The van der Waals surface area contributed by atoms with Gasteiger partial charge in [0.2, 0.25) is 10.0 Å². The second kappa shape index (κ2) is 11.4. The molecule has 0 bridgehead atoms. The maximum absolute atomic E-state index is 13.5. The first-order valence-electron chi connectivity index (χ1n) is 12.2. The molecule has 1 aliphatic rings. The predicted molar refractivity (Wildman–Crippen MR) is 146 cm³/mol. The molecule has 194 valence electrons. The first kappa shape index (κ1) is 26.8. The van der Waals surface area contributed by atoms with E-state index in [0.717, 1.165) is 29.2 Å². The number of primary sulfonamides is 1. The summed E-state index contributed by atoms with van der Waals surface area (Å²) in [5, 5.41) is 10.5. The first-order chi connectivity index (χ1) is 17.1. The summed E-state index contributed by atoms with van der Waals surface area (Å²) in [7, 11) is -8.02. The van der Waals surface area contributed by atoms with Crippen molar-refractivity contribution in [3.63, 3.8) is 0 Å². The normalized spacial score (nSPS) is 16.1. The fourth-order valence-electron chi connectivity index (χ4n) is 4.90. The third kappa shape index (κ3) is 6.54. The van der Waals surface area contributed by atoms with Crippen LogP contribution >= 0.6 is 11.3 Å². The van der Waals surface area contributed by atoms with Gasteiger partial charge in [0, 0.05) is 23.7 Å². The number of nitrogens with one attached hydrogen (secondary N) is 2. The lowest BCUT2D eigenvalue weighted by Crippen LogP contribution is -2.29. The number of anilines is 1. The summed E-state index contributed by atoms with van der Waals surface area (Å²) in [5.41, 5.74) is 1.89. The van der Waals surface area contributed by atoms with Gasteiger partial charge in [-0.2, -0.15) is 0 Å². The lowest BCUT2D eigenvalue weighted by atomic mass is 9.85. The number of sulfonamides is 2. The molecule has 0 saturated heterocycles. The molecule has 4 N–H and O–H groups in total. The van der Waals surface area contributed by atoms with Gasteiger partial charge in [-0.25, -0.2) is 22.0 Å². The lowest BCUT2D eigenvalue weighted by molar-refractivity contribution is 0.305. The molecule has 7 nitrogen and oxygen atoms in total. The summed E-state index contributed by atoms with van der Waals surface area (Å²) in [6.45, 7) is 2.72. The average molecular weight is 548 g/mol. The van der Waals surface area contributed by atoms with Gasteiger partial charge in [-0.1, -0.05) is 68.5 Å². The van der Waals surface area contributed by atoms with E-state index < -0.39 is 20.0 Å². The standard InChI is InChI=1S/C26H33N3O4S3/c1-19(17-20-9-3-2-4-10-20)28-18-21-11-5-7-13-24(21)29-36(32,33)25-14-8-6-12-22(25)23-15-16-34-26(23)35(27,30)31/h5-8,11-16,19-20,28-29H,2-4,9-10,17-18H2,1H3,(H2,27,30,31)/t19-/m0/s1. The van der Waals surface area contributed by atoms with Crippen LogP contribution in [0.5, 0.6) is 0 Å². The van der Waals surface area contributed by atoms with Crippen LogP contribution < -0.4 is 15.2 Å². The molecule has 1 aliphatic carbocycles. The van der Waals surface area contributed by atoms with E-state index in [0.29, 0.717) is 18.3 Å². The summed E-state index contributed by atoms with van der Waals surface area (Å²) in [4.78, 5) is -0.0123. The minimum Gasteiger partial charge on any atom is -0.310 e. The van der Waals surface area contributed by atoms with E-state index >= 15 is 0 Å². The van der Waals surface area contributed by atoms with Gasteiger partial charge in [0.05, 0.1) is 10.6 Å². The molecular formula is C26H33N3O4S3. The van der Waals surface area contributed by atoms with Crippen LogP contribution in [0.25, 0.3) is 11.1 Å². The Hall–Kier alpha value is -2.24. The Kier molecular flexibility index (Phi) is 8.52. The maximum atomic E-state index is 13.5. The van der Waals surface area contributed by atoms with Crippen LogP contribution in [0.4, 0.5) is 5.69 Å². The molecule has 0 spiro atoms. The van der Waals surface area contributed by atoms with Crippen LogP contribution in [-0.4, -0.2) is 22.9 Å². The molecule has 0 unspecified atom stereocenters. The van der Waals surface area contributed by atoms with Crippen molar-refractivity contribution in [2.75, 3.05) is 4.72 Å². The van der Waals surface area contributed by atoms with Crippen LogP contribution in [-0.2, 0) is 26.6 Å². The van der Waals surface area contributed by atoms with E-state index in [2.05, 4.69) is 17.0 Å². The molecule has 1 saturated carbocycles. The summed E-state index contributed by atoms with van der Waals surface area (Å²) < 4.78 is 53.8. The van der Waals surface area contributed by atoms with Gasteiger partial charge >= 0.3 is 0 Å². The fourth-order valence-corrected chi connectivity index (χ4v) is 8.05. The van der Waals surface area contributed by atoms with E-state index in [1.54, 1.807) is 41.8 Å². The Morgan fingerprint density at radius 1 is 0.944 bits per heavy atom. The Balaban J connectivity index is 1.54. The Bertz CT molecular complexity index is 1400. The fraction of sp³-hybridized carbons (Fsp3) is 0.385. The van der Waals surface area contributed by atoms with Gasteiger partial charge < -0.3 is 5.32 Å². The van der Waals surface area contributed by atoms with Crippen molar-refractivity contribution < 1.29 is 16.8 Å². The highest BCUT2D eigenvalue weighted by atomic mass is 32.2. The van der Waals surface area contributed by atoms with Crippen molar-refractivity contribution in [2.24, 2.45) is 11.1 Å². The van der Waals surface area contributed by atoms with Crippen molar-refractivity contribution in [3.05, 3.63) is 65.5 Å². The molecule has 1 fully saturated rings. The third-order valence-electron chi connectivity index (χ3n) is 6.67. The molecule has 0 amide bonds. The van der Waals surface area contributed by atoms with Gasteiger partial charge in [0.1, 0.15) is 4.21 Å². The number of hydrogen-bond donors (Lipinski definition) is 3. The van der Waals surface area contributed by atoms with Crippen molar-refractivity contribution in [2.45, 2.75) is 67.1 Å². The highest BCUT2D eigenvalue weighted by Gasteiger charge is 2.25. The molecule has 1 atom stereocenters. The summed E-state index contributed by atoms with van der Waals surface area (Å²) in [6.07, 6.45) is 7.67. The molecule has 10 heteroatoms.